The summed E-state index contributed by atoms with van der Waals surface area (Å²) in [6, 6.07) is 0. The molecule has 0 atom stereocenters. The third kappa shape index (κ3) is 6.10. The molecule has 0 fully saturated rings. The second-order valence-electron chi connectivity index (χ2n) is 4.84. The van der Waals surface area contributed by atoms with Crippen molar-refractivity contribution in [2.45, 2.75) is 47.0 Å². The van der Waals surface area contributed by atoms with E-state index in [1.165, 1.54) is 25.9 Å². The van der Waals surface area contributed by atoms with Crippen LogP contribution in [0.5, 0.6) is 0 Å². The van der Waals surface area contributed by atoms with Crippen LogP contribution in [0.4, 0.5) is 0 Å². The first-order valence-electron chi connectivity index (χ1n) is 5.96. The van der Waals surface area contributed by atoms with Gasteiger partial charge in [0.1, 0.15) is 0 Å². The number of hydrogen-bond donors (Lipinski definition) is 1. The Morgan fingerprint density at radius 2 is 1.60 bits per heavy atom. The van der Waals surface area contributed by atoms with Crippen molar-refractivity contribution < 1.29 is 0 Å². The molecule has 0 aliphatic rings. The minimum absolute atomic E-state index is 0.00489. The molecule has 90 valence electrons. The number of rotatable bonds is 8. The van der Waals surface area contributed by atoms with Gasteiger partial charge in [-0.15, -0.1) is 0 Å². The van der Waals surface area contributed by atoms with Crippen molar-refractivity contribution in [3.8, 4) is 0 Å². The molecule has 0 amide bonds. The van der Waals surface area contributed by atoms with Crippen LogP contribution in [-0.4, -0.2) is 29.5 Å². The first-order chi connectivity index (χ1) is 6.94. The maximum absolute atomic E-state index is 5.72. The smallest absolute Gasteiger partial charge is 0.0784 e. The zero-order chi connectivity index (χ0) is 11.9. The normalized spacial score (nSPS) is 12.1. The van der Waals surface area contributed by atoms with E-state index in [0.29, 0.717) is 4.99 Å². The standard InChI is InChI=1S/C12H26N2S/c1-5-8-14(9-6-2)10-7-12(3,4)11(13)15/h5-10H2,1-4H3,(H2,13,15). The van der Waals surface area contributed by atoms with E-state index < -0.39 is 0 Å². The molecule has 0 aliphatic carbocycles. The van der Waals surface area contributed by atoms with Gasteiger partial charge in [0.15, 0.2) is 0 Å². The Morgan fingerprint density at radius 1 is 1.13 bits per heavy atom. The summed E-state index contributed by atoms with van der Waals surface area (Å²) in [5.74, 6) is 0. The van der Waals surface area contributed by atoms with Crippen LogP contribution in [0.1, 0.15) is 47.0 Å². The summed E-state index contributed by atoms with van der Waals surface area (Å²) in [7, 11) is 0. The molecule has 0 aromatic carbocycles. The summed E-state index contributed by atoms with van der Waals surface area (Å²) in [6.45, 7) is 12.2. The van der Waals surface area contributed by atoms with Crippen LogP contribution in [-0.2, 0) is 0 Å². The van der Waals surface area contributed by atoms with E-state index in [9.17, 15) is 0 Å². The van der Waals surface area contributed by atoms with Crippen LogP contribution in [0.2, 0.25) is 0 Å². The highest BCUT2D eigenvalue weighted by Gasteiger charge is 2.21. The van der Waals surface area contributed by atoms with E-state index >= 15 is 0 Å². The molecule has 0 aromatic rings. The molecular weight excluding hydrogens is 204 g/mol. The molecule has 0 aliphatic heterocycles. The second kappa shape index (κ2) is 7.18. The Kier molecular flexibility index (Phi) is 7.11. The van der Waals surface area contributed by atoms with E-state index in [2.05, 4.69) is 32.6 Å². The van der Waals surface area contributed by atoms with Crippen molar-refractivity contribution in [2.75, 3.05) is 19.6 Å². The van der Waals surface area contributed by atoms with Gasteiger partial charge in [-0.2, -0.15) is 0 Å². The van der Waals surface area contributed by atoms with Crippen molar-refractivity contribution in [3.05, 3.63) is 0 Å². The number of hydrogen-bond acceptors (Lipinski definition) is 2. The quantitative estimate of drug-likeness (QED) is 0.650. The molecule has 2 N–H and O–H groups in total. The lowest BCUT2D eigenvalue weighted by Gasteiger charge is -2.28. The van der Waals surface area contributed by atoms with Gasteiger partial charge in [0.05, 0.1) is 4.99 Å². The Bertz CT molecular complexity index is 184. The molecule has 2 nitrogen and oxygen atoms in total. The number of thiocarbonyl (C=S) groups is 1. The molecule has 0 rings (SSSR count). The van der Waals surface area contributed by atoms with E-state index in [4.69, 9.17) is 18.0 Å². The summed E-state index contributed by atoms with van der Waals surface area (Å²) in [5.41, 5.74) is 5.71. The molecule has 3 heteroatoms. The minimum atomic E-state index is -0.00489. The van der Waals surface area contributed by atoms with Gasteiger partial charge in [0, 0.05) is 5.41 Å². The van der Waals surface area contributed by atoms with E-state index in [-0.39, 0.29) is 5.41 Å². The first kappa shape index (κ1) is 14.8. The maximum Gasteiger partial charge on any atom is 0.0784 e. The Labute approximate surface area is 100 Å². The summed E-state index contributed by atoms with van der Waals surface area (Å²) in [6.07, 6.45) is 3.49. The maximum atomic E-state index is 5.72. The zero-order valence-electron chi connectivity index (χ0n) is 10.7. The van der Waals surface area contributed by atoms with E-state index in [1.807, 2.05) is 0 Å². The topological polar surface area (TPSA) is 29.3 Å². The SMILES string of the molecule is CCCN(CCC)CCC(C)(C)C(N)=S. The molecule has 0 bridgehead atoms. The number of nitrogens with zero attached hydrogens (tertiary/aromatic N) is 1. The molecule has 0 heterocycles. The molecule has 0 radical (unpaired) electrons. The van der Waals surface area contributed by atoms with Gasteiger partial charge >= 0.3 is 0 Å². The Balaban J connectivity index is 4.02. The highest BCUT2D eigenvalue weighted by molar-refractivity contribution is 7.80. The van der Waals surface area contributed by atoms with Crippen molar-refractivity contribution in [3.63, 3.8) is 0 Å². The van der Waals surface area contributed by atoms with Crippen molar-refractivity contribution in [2.24, 2.45) is 11.1 Å². The fourth-order valence-electron chi connectivity index (χ4n) is 1.53. The van der Waals surface area contributed by atoms with E-state index in [1.54, 1.807) is 0 Å². The van der Waals surface area contributed by atoms with Gasteiger partial charge in [-0.1, -0.05) is 39.9 Å². The predicted molar refractivity (Wildman–Crippen MR) is 72.2 cm³/mol. The average Bonchev–Trinajstić information content (AvgIpc) is 2.15. The largest absolute Gasteiger partial charge is 0.393 e. The van der Waals surface area contributed by atoms with Crippen LogP contribution in [0.15, 0.2) is 0 Å². The fourth-order valence-corrected chi connectivity index (χ4v) is 1.63. The van der Waals surface area contributed by atoms with Gasteiger partial charge in [-0.25, -0.2) is 0 Å². The molecule has 15 heavy (non-hydrogen) atoms. The van der Waals surface area contributed by atoms with Gasteiger partial charge in [0.2, 0.25) is 0 Å². The van der Waals surface area contributed by atoms with Crippen LogP contribution in [0.3, 0.4) is 0 Å². The fraction of sp³-hybridized carbons (Fsp3) is 0.917. The third-order valence-corrected chi connectivity index (χ3v) is 3.35. The molecule has 0 unspecified atom stereocenters. The zero-order valence-corrected chi connectivity index (χ0v) is 11.5. The van der Waals surface area contributed by atoms with Gasteiger partial charge in [-0.05, 0) is 38.9 Å². The summed E-state index contributed by atoms with van der Waals surface area (Å²) in [5, 5.41) is 0. The molecule has 0 aromatic heterocycles. The van der Waals surface area contributed by atoms with E-state index in [0.717, 1.165) is 13.0 Å². The summed E-state index contributed by atoms with van der Waals surface area (Å²) >= 11 is 5.07. The lowest BCUT2D eigenvalue weighted by atomic mass is 9.89. The lowest BCUT2D eigenvalue weighted by Crippen LogP contribution is -2.35. The summed E-state index contributed by atoms with van der Waals surface area (Å²) < 4.78 is 0. The van der Waals surface area contributed by atoms with Crippen molar-refractivity contribution in [1.82, 2.24) is 4.90 Å². The Morgan fingerprint density at radius 3 is 1.93 bits per heavy atom. The van der Waals surface area contributed by atoms with Crippen molar-refractivity contribution in [1.29, 1.82) is 0 Å². The number of nitrogens with two attached hydrogens (primary N) is 1. The first-order valence-corrected chi connectivity index (χ1v) is 6.37. The minimum Gasteiger partial charge on any atom is -0.393 e. The van der Waals surface area contributed by atoms with Crippen LogP contribution >= 0.6 is 12.2 Å². The lowest BCUT2D eigenvalue weighted by molar-refractivity contribution is 0.246. The summed E-state index contributed by atoms with van der Waals surface area (Å²) in [4.78, 5) is 3.13. The van der Waals surface area contributed by atoms with Gasteiger partial charge in [0.25, 0.3) is 0 Å². The Hall–Kier alpha value is -0.150. The third-order valence-electron chi connectivity index (χ3n) is 2.80. The highest BCUT2D eigenvalue weighted by atomic mass is 32.1. The molecule has 0 spiro atoms. The molecular formula is C12H26N2S. The second-order valence-corrected chi connectivity index (χ2v) is 5.28. The molecule has 0 saturated heterocycles. The average molecular weight is 230 g/mol. The van der Waals surface area contributed by atoms with Crippen LogP contribution < -0.4 is 5.73 Å². The highest BCUT2D eigenvalue weighted by Crippen LogP contribution is 2.21. The van der Waals surface area contributed by atoms with Crippen LogP contribution in [0.25, 0.3) is 0 Å². The predicted octanol–water partition coefficient (Wildman–Crippen LogP) is 2.81. The molecule has 0 saturated carbocycles. The van der Waals surface area contributed by atoms with Gasteiger partial charge in [-0.3, -0.25) is 0 Å². The van der Waals surface area contributed by atoms with Gasteiger partial charge < -0.3 is 10.6 Å². The van der Waals surface area contributed by atoms with Crippen molar-refractivity contribution >= 4 is 17.2 Å². The van der Waals surface area contributed by atoms with Crippen LogP contribution in [0, 0.1) is 5.41 Å². The monoisotopic (exact) mass is 230 g/mol.